The molecule has 11 heteroatoms. The minimum absolute atomic E-state index is 0.0397. The van der Waals surface area contributed by atoms with Crippen molar-refractivity contribution in [1.29, 1.82) is 0 Å². The maximum absolute atomic E-state index is 14.8. The third-order valence-electron chi connectivity index (χ3n) is 7.41. The van der Waals surface area contributed by atoms with Crippen molar-refractivity contribution >= 4 is 16.9 Å². The van der Waals surface area contributed by atoms with E-state index in [1.165, 1.54) is 7.11 Å². The van der Waals surface area contributed by atoms with Crippen molar-refractivity contribution in [3.8, 4) is 11.5 Å². The second-order valence-corrected chi connectivity index (χ2v) is 9.92. The number of aliphatic hydroxyl groups is 1. The molecule has 1 aliphatic rings. The number of hydrogen-bond acceptors (Lipinski definition) is 6. The number of aliphatic hydroxyl groups excluding tert-OH is 1. The molecule has 2 heterocycles. The summed E-state index contributed by atoms with van der Waals surface area (Å²) in [6, 6.07) is 6.07. The van der Waals surface area contributed by atoms with Gasteiger partial charge >= 0.3 is 5.97 Å². The van der Waals surface area contributed by atoms with Crippen molar-refractivity contribution in [3.63, 3.8) is 0 Å². The first kappa shape index (κ1) is 28.6. The number of benzene rings is 2. The highest BCUT2D eigenvalue weighted by Crippen LogP contribution is 2.42. The molecular weight excluding hydrogens is 520 g/mol. The summed E-state index contributed by atoms with van der Waals surface area (Å²) in [6.45, 7) is 1.30. The molecule has 1 aliphatic heterocycles. The quantitative estimate of drug-likeness (QED) is 0.315. The molecule has 39 heavy (non-hydrogen) atoms. The number of carboxylic acid groups (broad SMARTS) is 1. The van der Waals surface area contributed by atoms with Crippen LogP contribution in [-0.2, 0) is 4.79 Å². The Balaban J connectivity index is 1.39. The molecule has 1 atom stereocenters. The van der Waals surface area contributed by atoms with Crippen molar-refractivity contribution in [1.82, 2.24) is 9.88 Å². The van der Waals surface area contributed by atoms with Gasteiger partial charge in [-0.05, 0) is 62.4 Å². The summed E-state index contributed by atoms with van der Waals surface area (Å²) in [5.41, 5.74) is -0.0160. The fourth-order valence-corrected chi connectivity index (χ4v) is 5.25. The zero-order valence-electron chi connectivity index (χ0n) is 21.4. The SMILES string of the molecule is COc1ccc2ncc(F)c(C(O)CCC3(CC(=O)O)CCN(CCOc4c(F)cc(F)cc4F)CC3)c2c1. The Morgan fingerprint density at radius 1 is 1.10 bits per heavy atom. The predicted octanol–water partition coefficient (Wildman–Crippen LogP) is 5.25. The summed E-state index contributed by atoms with van der Waals surface area (Å²) >= 11 is 0. The van der Waals surface area contributed by atoms with E-state index < -0.39 is 46.5 Å². The topological polar surface area (TPSA) is 92.1 Å². The lowest BCUT2D eigenvalue weighted by molar-refractivity contribution is -0.141. The smallest absolute Gasteiger partial charge is 0.303 e. The van der Waals surface area contributed by atoms with Crippen LogP contribution in [0.1, 0.15) is 43.8 Å². The number of ether oxygens (including phenoxy) is 2. The lowest BCUT2D eigenvalue weighted by atomic mass is 9.71. The van der Waals surface area contributed by atoms with E-state index in [1.54, 1.807) is 18.2 Å². The Bertz CT molecular complexity index is 1310. The third-order valence-corrected chi connectivity index (χ3v) is 7.41. The van der Waals surface area contributed by atoms with Crippen LogP contribution in [0, 0.1) is 28.7 Å². The molecule has 0 spiro atoms. The van der Waals surface area contributed by atoms with Gasteiger partial charge in [0.2, 0.25) is 0 Å². The van der Waals surface area contributed by atoms with Crippen LogP contribution >= 0.6 is 0 Å². The highest BCUT2D eigenvalue weighted by atomic mass is 19.1. The fourth-order valence-electron chi connectivity index (χ4n) is 5.25. The Labute approximate surface area is 223 Å². The molecule has 7 nitrogen and oxygen atoms in total. The number of halogens is 4. The summed E-state index contributed by atoms with van der Waals surface area (Å²) in [4.78, 5) is 17.8. The van der Waals surface area contributed by atoms with Crippen LogP contribution in [0.3, 0.4) is 0 Å². The van der Waals surface area contributed by atoms with Gasteiger partial charge in [-0.15, -0.1) is 0 Å². The summed E-state index contributed by atoms with van der Waals surface area (Å²) in [7, 11) is 1.48. The number of methoxy groups -OCH3 is 1. The molecule has 1 aromatic heterocycles. The third kappa shape index (κ3) is 6.77. The molecule has 2 N–H and O–H groups in total. The molecule has 4 rings (SSSR count). The zero-order chi connectivity index (χ0) is 28.2. The van der Waals surface area contributed by atoms with Gasteiger partial charge in [0, 0.05) is 29.6 Å². The lowest BCUT2D eigenvalue weighted by Crippen LogP contribution is -2.42. The molecule has 1 unspecified atom stereocenters. The summed E-state index contributed by atoms with van der Waals surface area (Å²) in [5.74, 6) is -5.05. The Kier molecular flexibility index (Phi) is 8.91. The van der Waals surface area contributed by atoms with Crippen LogP contribution in [0.5, 0.6) is 11.5 Å². The van der Waals surface area contributed by atoms with Crippen LogP contribution in [0.2, 0.25) is 0 Å². The molecule has 0 bridgehead atoms. The van der Waals surface area contributed by atoms with Gasteiger partial charge in [-0.25, -0.2) is 17.6 Å². The van der Waals surface area contributed by atoms with E-state index in [9.17, 15) is 32.6 Å². The van der Waals surface area contributed by atoms with Crippen LogP contribution < -0.4 is 9.47 Å². The van der Waals surface area contributed by atoms with Gasteiger partial charge < -0.3 is 19.7 Å². The van der Waals surface area contributed by atoms with Crippen LogP contribution in [0.4, 0.5) is 17.6 Å². The molecule has 0 saturated carbocycles. The predicted molar refractivity (Wildman–Crippen MR) is 135 cm³/mol. The highest BCUT2D eigenvalue weighted by molar-refractivity contribution is 5.84. The summed E-state index contributed by atoms with van der Waals surface area (Å²) in [5, 5.41) is 21.0. The highest BCUT2D eigenvalue weighted by Gasteiger charge is 2.37. The molecule has 210 valence electrons. The van der Waals surface area contributed by atoms with Crippen molar-refractivity contribution in [2.75, 3.05) is 33.4 Å². The number of piperidine rings is 1. The molecule has 0 radical (unpaired) electrons. The Hall–Kier alpha value is -3.44. The van der Waals surface area contributed by atoms with Gasteiger partial charge in [0.1, 0.15) is 24.0 Å². The fraction of sp³-hybridized carbons (Fsp3) is 0.429. The van der Waals surface area contributed by atoms with Gasteiger partial charge in [0.25, 0.3) is 0 Å². The molecule has 2 aromatic carbocycles. The maximum atomic E-state index is 14.8. The van der Waals surface area contributed by atoms with E-state index in [2.05, 4.69) is 4.98 Å². The number of nitrogens with zero attached hydrogens (tertiary/aromatic N) is 2. The van der Waals surface area contributed by atoms with Crippen molar-refractivity contribution in [2.24, 2.45) is 5.41 Å². The average Bonchev–Trinajstić information content (AvgIpc) is 2.89. The lowest BCUT2D eigenvalue weighted by Gasteiger charge is -2.41. The Morgan fingerprint density at radius 2 is 1.79 bits per heavy atom. The van der Waals surface area contributed by atoms with E-state index in [0.717, 1.165) is 6.20 Å². The first-order valence-electron chi connectivity index (χ1n) is 12.6. The molecule has 1 fully saturated rings. The molecule has 1 saturated heterocycles. The van der Waals surface area contributed by atoms with Gasteiger partial charge in [-0.1, -0.05) is 0 Å². The van der Waals surface area contributed by atoms with Crippen molar-refractivity contribution in [2.45, 2.75) is 38.2 Å². The van der Waals surface area contributed by atoms with Gasteiger partial charge in [0.05, 0.1) is 31.3 Å². The average molecular weight is 551 g/mol. The number of pyridine rings is 1. The Morgan fingerprint density at radius 3 is 2.44 bits per heavy atom. The standard InChI is InChI=1S/C28H30F4N2O5/c1-38-18-2-3-23-19(14-18)26(22(32)16-33-23)24(35)4-5-28(15-25(36)37)6-8-34(9-7-28)10-11-39-27-20(30)12-17(29)13-21(27)31/h2-3,12-14,16,24,35H,4-11,15H2,1H3,(H,36,37). The minimum Gasteiger partial charge on any atom is -0.497 e. The van der Waals surface area contributed by atoms with E-state index >= 15 is 0 Å². The second-order valence-electron chi connectivity index (χ2n) is 9.92. The molecule has 0 aliphatic carbocycles. The number of likely N-dealkylation sites (tertiary alicyclic amines) is 1. The van der Waals surface area contributed by atoms with E-state index in [-0.39, 0.29) is 25.0 Å². The summed E-state index contributed by atoms with van der Waals surface area (Å²) < 4.78 is 65.9. The van der Waals surface area contributed by atoms with E-state index in [4.69, 9.17) is 9.47 Å². The van der Waals surface area contributed by atoms with Gasteiger partial charge in [0.15, 0.2) is 17.4 Å². The van der Waals surface area contributed by atoms with Crippen LogP contribution in [0.25, 0.3) is 10.9 Å². The first-order valence-corrected chi connectivity index (χ1v) is 12.6. The van der Waals surface area contributed by atoms with Gasteiger partial charge in [-0.2, -0.15) is 0 Å². The van der Waals surface area contributed by atoms with E-state index in [1.807, 2.05) is 4.90 Å². The van der Waals surface area contributed by atoms with Gasteiger partial charge in [-0.3, -0.25) is 14.7 Å². The number of aromatic nitrogens is 1. The van der Waals surface area contributed by atoms with Crippen LogP contribution in [0.15, 0.2) is 36.5 Å². The maximum Gasteiger partial charge on any atom is 0.303 e. The van der Waals surface area contributed by atoms with Crippen molar-refractivity contribution < 1.29 is 42.0 Å². The number of carboxylic acids is 1. The largest absolute Gasteiger partial charge is 0.497 e. The molecule has 0 amide bonds. The van der Waals surface area contributed by atoms with Crippen molar-refractivity contribution in [3.05, 3.63) is 65.4 Å². The number of carbonyl (C=O) groups is 1. The normalized spacial score (nSPS) is 16.3. The molecular formula is C28H30F4N2O5. The number of fused-ring (bicyclic) bond motifs is 1. The van der Waals surface area contributed by atoms with Crippen LogP contribution in [-0.4, -0.2) is 59.4 Å². The minimum atomic E-state index is -1.18. The number of rotatable bonds is 11. The zero-order valence-corrected chi connectivity index (χ0v) is 21.4. The molecule has 3 aromatic rings. The number of aliphatic carboxylic acids is 1. The first-order chi connectivity index (χ1) is 18.6. The summed E-state index contributed by atoms with van der Waals surface area (Å²) in [6.07, 6.45) is 1.27. The van der Waals surface area contributed by atoms with E-state index in [0.29, 0.717) is 67.7 Å². The number of hydrogen-bond donors (Lipinski definition) is 2. The second kappa shape index (κ2) is 12.2. The monoisotopic (exact) mass is 550 g/mol.